The third-order valence-corrected chi connectivity index (χ3v) is 4.68. The molecule has 0 amide bonds. The van der Waals surface area contributed by atoms with Gasteiger partial charge in [-0.25, -0.2) is 0 Å². The normalized spacial score (nSPS) is 11.6. The molecule has 0 saturated carbocycles. The van der Waals surface area contributed by atoms with E-state index in [1.807, 2.05) is 35.7 Å². The molecule has 0 aliphatic rings. The summed E-state index contributed by atoms with van der Waals surface area (Å²) in [4.78, 5) is 0. The Balaban J connectivity index is 2.14. The van der Waals surface area contributed by atoms with Gasteiger partial charge in [0, 0.05) is 31.1 Å². The molecule has 21 heavy (non-hydrogen) atoms. The van der Waals surface area contributed by atoms with Crippen LogP contribution in [0.2, 0.25) is 10.0 Å². The number of allylic oxidation sites excluding steroid dienone is 1. The monoisotopic (exact) mass is 329 g/mol. The molecule has 3 rings (SSSR count). The maximum Gasteiger partial charge on any atom is 0.0998 e. The van der Waals surface area contributed by atoms with Gasteiger partial charge in [0.1, 0.15) is 0 Å². The van der Waals surface area contributed by atoms with E-state index >= 15 is 0 Å². The molecular formula is C17H9Cl2NS. The second kappa shape index (κ2) is 5.91. The van der Waals surface area contributed by atoms with Gasteiger partial charge in [0.2, 0.25) is 0 Å². The van der Waals surface area contributed by atoms with Crippen molar-refractivity contribution in [2.24, 2.45) is 0 Å². The zero-order valence-electron chi connectivity index (χ0n) is 10.8. The van der Waals surface area contributed by atoms with Crippen molar-refractivity contribution in [1.82, 2.24) is 0 Å². The first-order valence-electron chi connectivity index (χ1n) is 6.22. The van der Waals surface area contributed by atoms with E-state index in [0.29, 0.717) is 15.6 Å². The van der Waals surface area contributed by atoms with Crippen LogP contribution in [0.4, 0.5) is 0 Å². The zero-order chi connectivity index (χ0) is 14.8. The molecule has 0 bridgehead atoms. The molecule has 1 nitrogen and oxygen atoms in total. The Morgan fingerprint density at radius 2 is 1.95 bits per heavy atom. The van der Waals surface area contributed by atoms with E-state index in [-0.39, 0.29) is 0 Å². The number of fused-ring (bicyclic) bond motifs is 1. The Bertz CT molecular complexity index is 887. The smallest absolute Gasteiger partial charge is 0.0998 e. The minimum Gasteiger partial charge on any atom is -0.192 e. The Kier molecular flexibility index (Phi) is 3.98. The molecule has 1 aromatic heterocycles. The van der Waals surface area contributed by atoms with Crippen LogP contribution in [0.25, 0.3) is 21.7 Å². The van der Waals surface area contributed by atoms with Crippen molar-refractivity contribution in [3.63, 3.8) is 0 Å². The number of benzene rings is 2. The van der Waals surface area contributed by atoms with E-state index in [0.717, 1.165) is 21.2 Å². The van der Waals surface area contributed by atoms with Crippen LogP contribution in [0.1, 0.15) is 11.1 Å². The summed E-state index contributed by atoms with van der Waals surface area (Å²) in [5.41, 5.74) is 2.31. The minimum atomic E-state index is 0.537. The summed E-state index contributed by atoms with van der Waals surface area (Å²) in [5.74, 6) is 0. The number of thiophene rings is 1. The summed E-state index contributed by atoms with van der Waals surface area (Å²) >= 11 is 13.7. The summed E-state index contributed by atoms with van der Waals surface area (Å²) in [6.45, 7) is 0. The molecule has 3 aromatic rings. The molecule has 0 aliphatic heterocycles. The van der Waals surface area contributed by atoms with Gasteiger partial charge in [0.25, 0.3) is 0 Å². The summed E-state index contributed by atoms with van der Waals surface area (Å²) in [7, 11) is 0. The number of hydrogen-bond donors (Lipinski definition) is 0. The van der Waals surface area contributed by atoms with Crippen molar-refractivity contribution in [2.75, 3.05) is 0 Å². The highest BCUT2D eigenvalue weighted by molar-refractivity contribution is 7.17. The first kappa shape index (κ1) is 14.2. The average Bonchev–Trinajstić information content (AvgIpc) is 2.91. The SMILES string of the molecule is N#C/C(=C\c1ccc(Cl)cc1Cl)c1csc2ccccc12. The van der Waals surface area contributed by atoms with Gasteiger partial charge in [0.15, 0.2) is 0 Å². The number of rotatable bonds is 2. The van der Waals surface area contributed by atoms with Gasteiger partial charge < -0.3 is 0 Å². The number of nitrogens with zero attached hydrogens (tertiary/aromatic N) is 1. The lowest BCUT2D eigenvalue weighted by atomic mass is 10.0. The fourth-order valence-corrected chi connectivity index (χ4v) is 3.55. The molecule has 0 atom stereocenters. The van der Waals surface area contributed by atoms with Crippen molar-refractivity contribution < 1.29 is 0 Å². The van der Waals surface area contributed by atoms with Crippen LogP contribution in [0.3, 0.4) is 0 Å². The molecule has 0 aliphatic carbocycles. The van der Waals surface area contributed by atoms with Crippen molar-refractivity contribution in [3.8, 4) is 6.07 Å². The van der Waals surface area contributed by atoms with Crippen molar-refractivity contribution in [2.45, 2.75) is 0 Å². The standard InChI is InChI=1S/C17H9Cl2NS/c18-13-6-5-11(16(19)8-13)7-12(9-20)15-10-21-17-4-2-1-3-14(15)17/h1-8,10H/b12-7+. The first-order valence-corrected chi connectivity index (χ1v) is 7.86. The number of hydrogen-bond acceptors (Lipinski definition) is 2. The topological polar surface area (TPSA) is 23.8 Å². The van der Waals surface area contributed by atoms with Gasteiger partial charge in [-0.15, -0.1) is 11.3 Å². The number of nitriles is 1. The maximum absolute atomic E-state index is 9.48. The molecule has 2 aromatic carbocycles. The quantitative estimate of drug-likeness (QED) is 0.508. The minimum absolute atomic E-state index is 0.537. The van der Waals surface area contributed by atoms with Gasteiger partial charge in [-0.05, 0) is 29.8 Å². The molecule has 1 heterocycles. The van der Waals surface area contributed by atoms with Gasteiger partial charge in [-0.3, -0.25) is 0 Å². The number of halogens is 2. The van der Waals surface area contributed by atoms with Crippen LogP contribution in [-0.4, -0.2) is 0 Å². The van der Waals surface area contributed by atoms with E-state index in [9.17, 15) is 5.26 Å². The Morgan fingerprint density at radius 3 is 2.71 bits per heavy atom. The van der Waals surface area contributed by atoms with E-state index in [1.54, 1.807) is 29.5 Å². The van der Waals surface area contributed by atoms with Gasteiger partial charge in [-0.1, -0.05) is 47.5 Å². The van der Waals surface area contributed by atoms with Crippen LogP contribution in [0.5, 0.6) is 0 Å². The van der Waals surface area contributed by atoms with Crippen LogP contribution in [-0.2, 0) is 0 Å². The predicted molar refractivity (Wildman–Crippen MR) is 91.8 cm³/mol. The lowest BCUT2D eigenvalue weighted by Crippen LogP contribution is -1.81. The predicted octanol–water partition coefficient (Wildman–Crippen LogP) is 6.27. The highest BCUT2D eigenvalue weighted by Gasteiger charge is 2.09. The second-order valence-corrected chi connectivity index (χ2v) is 6.24. The zero-order valence-corrected chi connectivity index (χ0v) is 13.1. The molecule has 0 fully saturated rings. The van der Waals surface area contributed by atoms with E-state index in [2.05, 4.69) is 6.07 Å². The molecule has 0 radical (unpaired) electrons. The highest BCUT2D eigenvalue weighted by atomic mass is 35.5. The molecule has 0 spiro atoms. The van der Waals surface area contributed by atoms with Crippen molar-refractivity contribution in [3.05, 3.63) is 69.0 Å². The molecular weight excluding hydrogens is 321 g/mol. The fraction of sp³-hybridized carbons (Fsp3) is 0. The summed E-state index contributed by atoms with van der Waals surface area (Å²) in [6, 6.07) is 15.6. The first-order chi connectivity index (χ1) is 10.2. The lowest BCUT2D eigenvalue weighted by molar-refractivity contribution is 1.53. The Morgan fingerprint density at radius 1 is 1.14 bits per heavy atom. The third kappa shape index (κ3) is 2.82. The molecule has 102 valence electrons. The summed E-state index contributed by atoms with van der Waals surface area (Å²) in [5, 5.41) is 13.7. The largest absolute Gasteiger partial charge is 0.192 e. The van der Waals surface area contributed by atoms with Gasteiger partial charge in [-0.2, -0.15) is 5.26 Å². The highest BCUT2D eigenvalue weighted by Crippen LogP contribution is 2.32. The molecule has 0 unspecified atom stereocenters. The van der Waals surface area contributed by atoms with Crippen LogP contribution >= 0.6 is 34.5 Å². The lowest BCUT2D eigenvalue weighted by Gasteiger charge is -2.01. The van der Waals surface area contributed by atoms with Crippen molar-refractivity contribution >= 4 is 56.3 Å². The Hall–Kier alpha value is -1.79. The van der Waals surface area contributed by atoms with E-state index in [4.69, 9.17) is 23.2 Å². The van der Waals surface area contributed by atoms with Crippen LogP contribution < -0.4 is 0 Å². The van der Waals surface area contributed by atoms with E-state index < -0.39 is 0 Å². The van der Waals surface area contributed by atoms with Gasteiger partial charge >= 0.3 is 0 Å². The fourth-order valence-electron chi connectivity index (χ4n) is 2.13. The third-order valence-electron chi connectivity index (χ3n) is 3.15. The van der Waals surface area contributed by atoms with Gasteiger partial charge in [0.05, 0.1) is 11.6 Å². The average molecular weight is 330 g/mol. The summed E-state index contributed by atoms with van der Waals surface area (Å²) in [6.07, 6.45) is 1.80. The van der Waals surface area contributed by atoms with Crippen LogP contribution in [0.15, 0.2) is 47.8 Å². The van der Waals surface area contributed by atoms with Crippen LogP contribution in [0, 0.1) is 11.3 Å². The summed E-state index contributed by atoms with van der Waals surface area (Å²) < 4.78 is 1.16. The molecule has 0 N–H and O–H groups in total. The Labute approximate surface area is 136 Å². The molecule has 0 saturated heterocycles. The molecule has 4 heteroatoms. The maximum atomic E-state index is 9.48. The van der Waals surface area contributed by atoms with E-state index in [1.165, 1.54) is 0 Å². The second-order valence-electron chi connectivity index (χ2n) is 4.48. The van der Waals surface area contributed by atoms with Crippen molar-refractivity contribution in [1.29, 1.82) is 5.26 Å².